The molecule has 1 aliphatic rings. The molecule has 3 N–H and O–H groups in total. The molecule has 3 aromatic rings. The first-order valence-electron chi connectivity index (χ1n) is 8.28. The molecule has 136 valence electrons. The summed E-state index contributed by atoms with van der Waals surface area (Å²) in [6, 6.07) is 7.57. The quantitative estimate of drug-likeness (QED) is 0.622. The maximum Gasteiger partial charge on any atom is 0.257 e. The minimum absolute atomic E-state index is 0.151. The van der Waals surface area contributed by atoms with Gasteiger partial charge in [-0.05, 0) is 18.2 Å². The molecule has 0 aromatic carbocycles. The lowest BCUT2D eigenvalue weighted by molar-refractivity contribution is 0.122. The Morgan fingerprint density at radius 3 is 2.92 bits per heavy atom. The number of halogens is 1. The van der Waals surface area contributed by atoms with Crippen LogP contribution >= 0.6 is 22.9 Å². The molecule has 0 amide bonds. The van der Waals surface area contributed by atoms with Crippen molar-refractivity contribution in [3.63, 3.8) is 0 Å². The van der Waals surface area contributed by atoms with Crippen LogP contribution in [0.25, 0.3) is 11.3 Å². The molecule has 0 bridgehead atoms. The average Bonchev–Trinajstić information content (AvgIpc) is 3.30. The maximum absolute atomic E-state index is 12.3. The van der Waals surface area contributed by atoms with Crippen molar-refractivity contribution in [2.75, 3.05) is 36.5 Å². The summed E-state index contributed by atoms with van der Waals surface area (Å²) < 4.78 is 6.14. The molecule has 1 saturated heterocycles. The highest BCUT2D eigenvalue weighted by Crippen LogP contribution is 2.24. The summed E-state index contributed by atoms with van der Waals surface area (Å²) >= 11 is 7.47. The summed E-state index contributed by atoms with van der Waals surface area (Å²) in [6.45, 7) is 3.64. The summed E-state index contributed by atoms with van der Waals surface area (Å²) in [5.74, 6) is 0.681. The van der Waals surface area contributed by atoms with Crippen molar-refractivity contribution in [2.24, 2.45) is 0 Å². The van der Waals surface area contributed by atoms with Gasteiger partial charge in [-0.3, -0.25) is 9.89 Å². The number of nitrogens with zero attached hydrogens (tertiary/aromatic N) is 2. The summed E-state index contributed by atoms with van der Waals surface area (Å²) in [6.07, 6.45) is 1.74. The Bertz CT molecular complexity index is 945. The van der Waals surface area contributed by atoms with Crippen LogP contribution in [0, 0.1) is 0 Å². The van der Waals surface area contributed by atoms with Gasteiger partial charge in [0.1, 0.15) is 5.82 Å². The first-order valence-corrected chi connectivity index (χ1v) is 9.48. The molecule has 0 saturated carbocycles. The van der Waals surface area contributed by atoms with Gasteiger partial charge in [0.25, 0.3) is 5.56 Å². The van der Waals surface area contributed by atoms with E-state index in [1.165, 1.54) is 11.3 Å². The fourth-order valence-corrected chi connectivity index (χ4v) is 3.88. The van der Waals surface area contributed by atoms with Gasteiger partial charge in [0.2, 0.25) is 0 Å². The van der Waals surface area contributed by atoms with Crippen molar-refractivity contribution in [3.8, 4) is 11.3 Å². The number of ether oxygens (including phenoxy) is 1. The Hall–Kier alpha value is -2.29. The van der Waals surface area contributed by atoms with Crippen LogP contribution in [0.15, 0.2) is 35.3 Å². The zero-order valence-corrected chi connectivity index (χ0v) is 15.5. The van der Waals surface area contributed by atoms with E-state index >= 15 is 0 Å². The number of H-pyrrole nitrogens is 2. The van der Waals surface area contributed by atoms with Gasteiger partial charge in [-0.15, -0.1) is 11.3 Å². The van der Waals surface area contributed by atoms with E-state index in [9.17, 15) is 4.79 Å². The monoisotopic (exact) mass is 391 g/mol. The van der Waals surface area contributed by atoms with E-state index in [1.54, 1.807) is 6.20 Å². The number of pyridine rings is 1. The highest BCUT2D eigenvalue weighted by Gasteiger charge is 2.15. The van der Waals surface area contributed by atoms with Crippen LogP contribution in [0.1, 0.15) is 4.88 Å². The second kappa shape index (κ2) is 7.53. The summed E-state index contributed by atoms with van der Waals surface area (Å²) in [4.78, 5) is 18.4. The Morgan fingerprint density at radius 1 is 1.31 bits per heavy atom. The van der Waals surface area contributed by atoms with Gasteiger partial charge in [-0.2, -0.15) is 5.10 Å². The second-order valence-electron chi connectivity index (χ2n) is 5.93. The van der Waals surface area contributed by atoms with Crippen molar-refractivity contribution >= 4 is 34.4 Å². The lowest BCUT2D eigenvalue weighted by Crippen LogP contribution is -2.36. The summed E-state index contributed by atoms with van der Waals surface area (Å²) in [7, 11) is 0. The molecule has 1 aliphatic heterocycles. The second-order valence-corrected chi connectivity index (χ2v) is 7.73. The van der Waals surface area contributed by atoms with E-state index in [-0.39, 0.29) is 5.56 Å². The maximum atomic E-state index is 12.3. The lowest BCUT2D eigenvalue weighted by Gasteiger charge is -2.28. The minimum Gasteiger partial charge on any atom is -0.378 e. The predicted octanol–water partition coefficient (Wildman–Crippen LogP) is 2.93. The smallest absolute Gasteiger partial charge is 0.257 e. The Balaban J connectivity index is 1.51. The van der Waals surface area contributed by atoms with Crippen LogP contribution < -0.4 is 15.8 Å². The number of hydrogen-bond donors (Lipinski definition) is 3. The van der Waals surface area contributed by atoms with E-state index in [0.29, 0.717) is 36.8 Å². The zero-order valence-electron chi connectivity index (χ0n) is 13.9. The first kappa shape index (κ1) is 17.1. The molecule has 3 aromatic heterocycles. The molecule has 0 atom stereocenters. The fraction of sp³-hybridized carbons (Fsp3) is 0.294. The van der Waals surface area contributed by atoms with E-state index in [0.717, 1.165) is 28.0 Å². The largest absolute Gasteiger partial charge is 0.378 e. The highest BCUT2D eigenvalue weighted by atomic mass is 35.5. The van der Waals surface area contributed by atoms with Gasteiger partial charge >= 0.3 is 0 Å². The van der Waals surface area contributed by atoms with Crippen LogP contribution in [-0.4, -0.2) is 41.5 Å². The van der Waals surface area contributed by atoms with Crippen molar-refractivity contribution in [1.82, 2.24) is 15.2 Å². The standard InChI is InChI=1S/C17H18ClN5O2S/c18-15-2-1-12(26-15)10-19-16-8-14(21-22-16)13-7-11(9-20-17(13)24)23-3-5-25-6-4-23/h1-2,7-9H,3-6,10H2,(H,20,24)(H2,19,21,22). The normalized spacial score (nSPS) is 14.6. The number of morpholine rings is 1. The molecule has 7 nitrogen and oxygen atoms in total. The zero-order chi connectivity index (χ0) is 17.9. The number of aromatic amines is 2. The molecular formula is C17H18ClN5O2S. The van der Waals surface area contributed by atoms with Crippen molar-refractivity contribution in [3.05, 3.63) is 50.0 Å². The molecule has 26 heavy (non-hydrogen) atoms. The highest BCUT2D eigenvalue weighted by molar-refractivity contribution is 7.16. The number of anilines is 2. The number of thiophene rings is 1. The molecule has 9 heteroatoms. The molecular weight excluding hydrogens is 374 g/mol. The number of rotatable bonds is 5. The van der Waals surface area contributed by atoms with Crippen LogP contribution in [-0.2, 0) is 11.3 Å². The summed E-state index contributed by atoms with van der Waals surface area (Å²) in [5.41, 5.74) is 2.06. The van der Waals surface area contributed by atoms with Gasteiger partial charge in [-0.1, -0.05) is 11.6 Å². The minimum atomic E-state index is -0.151. The first-order chi connectivity index (χ1) is 12.7. The van der Waals surface area contributed by atoms with Crippen molar-refractivity contribution in [1.29, 1.82) is 0 Å². The van der Waals surface area contributed by atoms with Gasteiger partial charge in [0, 0.05) is 30.2 Å². The predicted molar refractivity (Wildman–Crippen MR) is 104 cm³/mol. The van der Waals surface area contributed by atoms with Gasteiger partial charge in [-0.25, -0.2) is 0 Å². The van der Waals surface area contributed by atoms with Crippen molar-refractivity contribution < 1.29 is 4.74 Å². The Labute approximate surface area is 159 Å². The molecule has 1 fully saturated rings. The molecule has 0 radical (unpaired) electrons. The molecule has 0 spiro atoms. The number of hydrogen-bond acceptors (Lipinski definition) is 6. The Morgan fingerprint density at radius 2 is 2.15 bits per heavy atom. The molecule has 4 rings (SSSR count). The van der Waals surface area contributed by atoms with Crippen LogP contribution in [0.5, 0.6) is 0 Å². The fourth-order valence-electron chi connectivity index (χ4n) is 2.85. The van der Waals surface area contributed by atoms with Gasteiger partial charge in [0.15, 0.2) is 0 Å². The average molecular weight is 392 g/mol. The van der Waals surface area contributed by atoms with E-state index in [1.807, 2.05) is 24.3 Å². The third-order valence-electron chi connectivity index (χ3n) is 4.20. The number of nitrogens with one attached hydrogen (secondary N) is 3. The van der Waals surface area contributed by atoms with Crippen LogP contribution in [0.3, 0.4) is 0 Å². The van der Waals surface area contributed by atoms with E-state index in [4.69, 9.17) is 16.3 Å². The van der Waals surface area contributed by atoms with E-state index in [2.05, 4.69) is 25.4 Å². The van der Waals surface area contributed by atoms with E-state index < -0.39 is 0 Å². The third kappa shape index (κ3) is 3.77. The SMILES string of the molecule is O=c1[nH]cc(N2CCOCC2)cc1-c1cc(NCc2ccc(Cl)s2)n[nH]1. The lowest BCUT2D eigenvalue weighted by atomic mass is 10.2. The van der Waals surface area contributed by atoms with Crippen LogP contribution in [0.4, 0.5) is 11.5 Å². The summed E-state index contributed by atoms with van der Waals surface area (Å²) in [5, 5.41) is 10.4. The molecule has 0 aliphatic carbocycles. The van der Waals surface area contributed by atoms with Crippen molar-refractivity contribution in [2.45, 2.75) is 6.54 Å². The van der Waals surface area contributed by atoms with Gasteiger partial charge in [0.05, 0.1) is 41.0 Å². The van der Waals surface area contributed by atoms with Crippen LogP contribution in [0.2, 0.25) is 4.34 Å². The number of aromatic nitrogens is 3. The Kier molecular flexibility index (Phi) is 4.96. The third-order valence-corrected chi connectivity index (χ3v) is 5.44. The molecule has 4 heterocycles. The topological polar surface area (TPSA) is 86.0 Å². The van der Waals surface area contributed by atoms with Gasteiger partial charge < -0.3 is 19.9 Å². The molecule has 0 unspecified atom stereocenters.